The molecule has 5 nitrogen and oxygen atoms in total. The van der Waals surface area contributed by atoms with Gasteiger partial charge >= 0.3 is 6.18 Å². The number of carbonyl (C=O) groups excluding carboxylic acids is 1. The van der Waals surface area contributed by atoms with E-state index in [0.29, 0.717) is 12.8 Å². The summed E-state index contributed by atoms with van der Waals surface area (Å²) < 4.78 is 66.7. The van der Waals surface area contributed by atoms with Gasteiger partial charge in [0.15, 0.2) is 0 Å². The van der Waals surface area contributed by atoms with Gasteiger partial charge in [0.1, 0.15) is 0 Å². The van der Waals surface area contributed by atoms with Gasteiger partial charge in [-0.05, 0) is 37.8 Å². The van der Waals surface area contributed by atoms with Gasteiger partial charge in [0.25, 0.3) is 0 Å². The molecule has 0 spiro atoms. The van der Waals surface area contributed by atoms with Crippen molar-refractivity contribution < 1.29 is 26.4 Å². The maximum Gasteiger partial charge on any atom is 0.417 e. The molecule has 0 radical (unpaired) electrons. The van der Waals surface area contributed by atoms with E-state index in [4.69, 9.17) is 0 Å². The van der Waals surface area contributed by atoms with Crippen molar-refractivity contribution in [3.63, 3.8) is 0 Å². The summed E-state index contributed by atoms with van der Waals surface area (Å²) in [4.78, 5) is 14.0. The van der Waals surface area contributed by atoms with E-state index in [1.165, 1.54) is 25.0 Å². The zero-order chi connectivity index (χ0) is 21.9. The van der Waals surface area contributed by atoms with E-state index in [0.717, 1.165) is 42.1 Å². The summed E-state index contributed by atoms with van der Waals surface area (Å²) in [5.74, 6) is -0.266. The highest BCUT2D eigenvalue weighted by molar-refractivity contribution is 7.89. The number of rotatable bonds is 4. The predicted molar refractivity (Wildman–Crippen MR) is 107 cm³/mol. The van der Waals surface area contributed by atoms with Crippen LogP contribution in [0.3, 0.4) is 0 Å². The summed E-state index contributed by atoms with van der Waals surface area (Å²) in [5, 5.41) is 0. The lowest BCUT2D eigenvalue weighted by molar-refractivity contribution is -0.140. The molecule has 0 N–H and O–H groups in total. The third-order valence-electron chi connectivity index (χ3n) is 6.33. The Labute approximate surface area is 176 Å². The first-order valence-electron chi connectivity index (χ1n) is 10.6. The molecule has 1 aliphatic carbocycles. The van der Waals surface area contributed by atoms with E-state index in [-0.39, 0.29) is 31.0 Å². The molecule has 3 rings (SSSR count). The van der Waals surface area contributed by atoms with Crippen molar-refractivity contribution in [3.05, 3.63) is 29.8 Å². The smallest absolute Gasteiger partial charge is 0.343 e. The molecule has 1 saturated carbocycles. The SMILES string of the molecule is CN(C(=O)C1CCN(S(=O)(=O)c2ccccc2C(F)(F)F)CC1)C1CCCCCC1. The third-order valence-corrected chi connectivity index (χ3v) is 8.29. The molecule has 0 atom stereocenters. The van der Waals surface area contributed by atoms with Crippen molar-refractivity contribution in [2.24, 2.45) is 5.92 Å². The highest BCUT2D eigenvalue weighted by atomic mass is 32.2. The van der Waals surface area contributed by atoms with Crippen LogP contribution >= 0.6 is 0 Å². The van der Waals surface area contributed by atoms with Gasteiger partial charge in [-0.2, -0.15) is 17.5 Å². The number of halogens is 3. The molecular weight excluding hydrogens is 417 g/mol. The van der Waals surface area contributed by atoms with Crippen LogP contribution in [-0.4, -0.2) is 49.7 Å². The van der Waals surface area contributed by atoms with Gasteiger partial charge < -0.3 is 4.90 Å². The number of hydrogen-bond acceptors (Lipinski definition) is 3. The lowest BCUT2D eigenvalue weighted by atomic mass is 9.95. The number of piperidine rings is 1. The van der Waals surface area contributed by atoms with Crippen molar-refractivity contribution in [3.8, 4) is 0 Å². The first-order valence-corrected chi connectivity index (χ1v) is 12.0. The Bertz CT molecular complexity index is 841. The standard InChI is InChI=1S/C21H29F3N2O3S/c1-25(17-8-4-2-3-5-9-17)20(27)16-12-14-26(15-13-16)30(28,29)19-11-7-6-10-18(19)21(22,23)24/h6-7,10-11,16-17H,2-5,8-9,12-15H2,1H3. The predicted octanol–water partition coefficient (Wildman–Crippen LogP) is 4.29. The van der Waals surface area contributed by atoms with E-state index in [1.807, 2.05) is 11.9 Å². The summed E-state index contributed by atoms with van der Waals surface area (Å²) in [7, 11) is -2.46. The second-order valence-electron chi connectivity index (χ2n) is 8.27. The van der Waals surface area contributed by atoms with E-state index in [2.05, 4.69) is 0 Å². The van der Waals surface area contributed by atoms with Gasteiger partial charge in [-0.25, -0.2) is 8.42 Å². The zero-order valence-corrected chi connectivity index (χ0v) is 18.0. The minimum absolute atomic E-state index is 0.0228. The van der Waals surface area contributed by atoms with Crippen LogP contribution in [0.15, 0.2) is 29.2 Å². The first kappa shape index (κ1) is 23.1. The van der Waals surface area contributed by atoms with E-state index >= 15 is 0 Å². The van der Waals surface area contributed by atoms with Gasteiger partial charge in [-0.15, -0.1) is 0 Å². The molecule has 0 aromatic heterocycles. The number of amides is 1. The fourth-order valence-corrected chi connectivity index (χ4v) is 6.20. The van der Waals surface area contributed by atoms with E-state index in [1.54, 1.807) is 0 Å². The molecule has 2 aliphatic rings. The number of hydrogen-bond donors (Lipinski definition) is 0. The molecule has 1 aromatic carbocycles. The Morgan fingerprint density at radius 1 is 1.00 bits per heavy atom. The summed E-state index contributed by atoms with van der Waals surface area (Å²) in [6.07, 6.45) is 2.47. The third kappa shape index (κ3) is 4.99. The number of carbonyl (C=O) groups is 1. The molecule has 9 heteroatoms. The molecule has 2 fully saturated rings. The van der Waals surface area contributed by atoms with Crippen molar-refractivity contribution in [2.75, 3.05) is 20.1 Å². The van der Waals surface area contributed by atoms with Crippen LogP contribution in [-0.2, 0) is 21.0 Å². The Balaban J connectivity index is 1.67. The molecule has 1 heterocycles. The van der Waals surface area contributed by atoms with Crippen molar-refractivity contribution >= 4 is 15.9 Å². The van der Waals surface area contributed by atoms with Gasteiger partial charge in [-0.1, -0.05) is 37.8 Å². The molecule has 1 amide bonds. The van der Waals surface area contributed by atoms with Crippen LogP contribution < -0.4 is 0 Å². The minimum Gasteiger partial charge on any atom is -0.343 e. The molecule has 0 unspecified atom stereocenters. The monoisotopic (exact) mass is 446 g/mol. The topological polar surface area (TPSA) is 57.7 Å². The normalized spacial score (nSPS) is 20.7. The fourth-order valence-electron chi connectivity index (χ4n) is 4.52. The zero-order valence-electron chi connectivity index (χ0n) is 17.2. The number of nitrogens with zero attached hydrogens (tertiary/aromatic N) is 2. The van der Waals surface area contributed by atoms with Crippen LogP contribution in [0, 0.1) is 5.92 Å². The van der Waals surface area contributed by atoms with Crippen LogP contribution in [0.2, 0.25) is 0 Å². The molecule has 1 aromatic rings. The Kier molecular flexibility index (Phi) is 7.12. The van der Waals surface area contributed by atoms with Crippen molar-refractivity contribution in [1.29, 1.82) is 0 Å². The molecule has 1 saturated heterocycles. The number of sulfonamides is 1. The van der Waals surface area contributed by atoms with Crippen LogP contribution in [0.1, 0.15) is 56.9 Å². The van der Waals surface area contributed by atoms with Crippen LogP contribution in [0.5, 0.6) is 0 Å². The van der Waals surface area contributed by atoms with E-state index < -0.39 is 26.7 Å². The van der Waals surface area contributed by atoms with Crippen molar-refractivity contribution in [1.82, 2.24) is 9.21 Å². The lowest BCUT2D eigenvalue weighted by Crippen LogP contribution is -2.46. The number of alkyl halides is 3. The molecule has 30 heavy (non-hydrogen) atoms. The average molecular weight is 447 g/mol. The summed E-state index contributed by atoms with van der Waals surface area (Å²) in [6, 6.07) is 4.47. The number of benzene rings is 1. The molecule has 168 valence electrons. The molecule has 1 aliphatic heterocycles. The van der Waals surface area contributed by atoms with Crippen LogP contribution in [0.25, 0.3) is 0 Å². The Hall–Kier alpha value is -1.61. The summed E-state index contributed by atoms with van der Waals surface area (Å²) >= 11 is 0. The molecular formula is C21H29F3N2O3S. The second-order valence-corrected chi connectivity index (χ2v) is 10.2. The quantitative estimate of drug-likeness (QED) is 0.649. The Morgan fingerprint density at radius 2 is 1.57 bits per heavy atom. The molecule has 0 bridgehead atoms. The maximum atomic E-state index is 13.3. The first-order chi connectivity index (χ1) is 14.1. The minimum atomic E-state index is -4.75. The maximum absolute atomic E-state index is 13.3. The average Bonchev–Trinajstić information content (AvgIpc) is 3.02. The Morgan fingerprint density at radius 3 is 2.13 bits per heavy atom. The van der Waals surface area contributed by atoms with Gasteiger partial charge in [0.2, 0.25) is 15.9 Å². The van der Waals surface area contributed by atoms with E-state index in [9.17, 15) is 26.4 Å². The van der Waals surface area contributed by atoms with Gasteiger partial charge in [0, 0.05) is 32.1 Å². The van der Waals surface area contributed by atoms with Gasteiger partial charge in [0.05, 0.1) is 10.5 Å². The second kappa shape index (κ2) is 9.26. The summed E-state index contributed by atoms with van der Waals surface area (Å²) in [6.45, 7) is 0.0902. The van der Waals surface area contributed by atoms with Gasteiger partial charge in [-0.3, -0.25) is 4.79 Å². The highest BCUT2D eigenvalue weighted by Crippen LogP contribution is 2.36. The largest absolute Gasteiger partial charge is 0.417 e. The lowest BCUT2D eigenvalue weighted by Gasteiger charge is -2.35. The summed E-state index contributed by atoms with van der Waals surface area (Å²) in [5.41, 5.74) is -1.16. The van der Waals surface area contributed by atoms with Crippen LogP contribution in [0.4, 0.5) is 13.2 Å². The van der Waals surface area contributed by atoms with Crippen molar-refractivity contribution in [2.45, 2.75) is 68.5 Å². The highest BCUT2D eigenvalue weighted by Gasteiger charge is 2.40. The fraction of sp³-hybridized carbons (Fsp3) is 0.667.